The lowest BCUT2D eigenvalue weighted by atomic mass is 9.96. The maximum absolute atomic E-state index is 12.4. The van der Waals surface area contributed by atoms with E-state index < -0.39 is 10.0 Å². The number of hydrogen-bond donors (Lipinski definition) is 1. The van der Waals surface area contributed by atoms with Crippen molar-refractivity contribution in [3.63, 3.8) is 0 Å². The van der Waals surface area contributed by atoms with Gasteiger partial charge >= 0.3 is 6.03 Å². The normalized spacial score (nSPS) is 19.0. The molecule has 1 aromatic heterocycles. The molecule has 0 radical (unpaired) electrons. The molecule has 2 heterocycles. The summed E-state index contributed by atoms with van der Waals surface area (Å²) < 4.78 is 31.1. The standard InChI is InChI=1S/C20H32N4O4S/c1-3-29(26,27)23(2)17-9-10-19(21-15-17)28-18-11-13-24(14-12-18)20(25)22-16-7-5-4-6-8-16/h9-10,15-16,18H,3-8,11-14H2,1-2H3,(H,22,25). The Morgan fingerprint density at radius 1 is 1.21 bits per heavy atom. The van der Waals surface area contributed by atoms with Gasteiger partial charge in [-0.25, -0.2) is 18.2 Å². The molecule has 9 heteroatoms. The van der Waals surface area contributed by atoms with Gasteiger partial charge in [0, 0.05) is 45.1 Å². The number of nitrogens with one attached hydrogen (secondary N) is 1. The zero-order valence-corrected chi connectivity index (χ0v) is 18.2. The number of ether oxygens (including phenoxy) is 1. The molecular formula is C20H32N4O4S. The van der Waals surface area contributed by atoms with Crippen molar-refractivity contribution in [3.8, 4) is 5.88 Å². The number of piperidine rings is 1. The van der Waals surface area contributed by atoms with Crippen molar-refractivity contribution < 1.29 is 17.9 Å². The monoisotopic (exact) mass is 424 g/mol. The van der Waals surface area contributed by atoms with E-state index in [0.29, 0.717) is 30.7 Å². The first-order valence-corrected chi connectivity index (χ1v) is 12.1. The molecule has 2 amide bonds. The van der Waals surface area contributed by atoms with Gasteiger partial charge in [0.15, 0.2) is 0 Å². The van der Waals surface area contributed by atoms with Crippen LogP contribution < -0.4 is 14.4 Å². The van der Waals surface area contributed by atoms with Crippen LogP contribution in [0, 0.1) is 0 Å². The summed E-state index contributed by atoms with van der Waals surface area (Å²) in [6.07, 6.45) is 8.87. The number of carbonyl (C=O) groups excluding carboxylic acids is 1. The maximum Gasteiger partial charge on any atom is 0.317 e. The van der Waals surface area contributed by atoms with Gasteiger partial charge in [-0.15, -0.1) is 0 Å². The van der Waals surface area contributed by atoms with E-state index in [9.17, 15) is 13.2 Å². The summed E-state index contributed by atoms with van der Waals surface area (Å²) in [6, 6.07) is 3.75. The topological polar surface area (TPSA) is 91.8 Å². The van der Waals surface area contributed by atoms with Crippen molar-refractivity contribution in [2.24, 2.45) is 0 Å². The Hall–Kier alpha value is -2.03. The molecule has 8 nitrogen and oxygen atoms in total. The van der Waals surface area contributed by atoms with E-state index in [2.05, 4.69) is 10.3 Å². The highest BCUT2D eigenvalue weighted by atomic mass is 32.2. The third-order valence-corrected chi connectivity index (χ3v) is 7.59. The Balaban J connectivity index is 1.46. The zero-order chi connectivity index (χ0) is 20.9. The molecule has 29 heavy (non-hydrogen) atoms. The number of aromatic nitrogens is 1. The highest BCUT2D eigenvalue weighted by Crippen LogP contribution is 2.22. The minimum atomic E-state index is -3.31. The van der Waals surface area contributed by atoms with Gasteiger partial charge in [-0.05, 0) is 25.8 Å². The number of pyridine rings is 1. The number of rotatable bonds is 6. The zero-order valence-electron chi connectivity index (χ0n) is 17.3. The smallest absolute Gasteiger partial charge is 0.317 e. The molecule has 1 saturated carbocycles. The third-order valence-electron chi connectivity index (χ3n) is 5.82. The molecule has 2 aliphatic rings. The van der Waals surface area contributed by atoms with Crippen LogP contribution >= 0.6 is 0 Å². The molecule has 1 aliphatic heterocycles. The van der Waals surface area contributed by atoms with Crippen molar-refractivity contribution in [2.75, 3.05) is 30.2 Å². The lowest BCUT2D eigenvalue weighted by Gasteiger charge is -2.33. The van der Waals surface area contributed by atoms with Gasteiger partial charge in [0.05, 0.1) is 17.6 Å². The molecular weight excluding hydrogens is 392 g/mol. The fourth-order valence-electron chi connectivity index (χ4n) is 3.84. The fourth-order valence-corrected chi connectivity index (χ4v) is 4.66. The van der Waals surface area contributed by atoms with Gasteiger partial charge in [-0.1, -0.05) is 19.3 Å². The molecule has 0 spiro atoms. The fraction of sp³-hybridized carbons (Fsp3) is 0.700. The summed E-state index contributed by atoms with van der Waals surface area (Å²) >= 11 is 0. The predicted molar refractivity (Wildman–Crippen MR) is 113 cm³/mol. The quantitative estimate of drug-likeness (QED) is 0.758. The molecule has 2 fully saturated rings. The van der Waals surface area contributed by atoms with Crippen LogP contribution in [0.4, 0.5) is 10.5 Å². The number of carbonyl (C=O) groups is 1. The molecule has 0 aromatic carbocycles. The summed E-state index contributed by atoms with van der Waals surface area (Å²) in [5.74, 6) is 0.510. The number of hydrogen-bond acceptors (Lipinski definition) is 5. The lowest BCUT2D eigenvalue weighted by Crippen LogP contribution is -2.49. The first-order valence-electron chi connectivity index (χ1n) is 10.5. The maximum atomic E-state index is 12.4. The van der Waals surface area contributed by atoms with Crippen molar-refractivity contribution in [3.05, 3.63) is 18.3 Å². The second kappa shape index (κ2) is 9.65. The SMILES string of the molecule is CCS(=O)(=O)N(C)c1ccc(OC2CCN(C(=O)NC3CCCCC3)CC2)nc1. The van der Waals surface area contributed by atoms with E-state index in [1.165, 1.54) is 36.8 Å². The van der Waals surface area contributed by atoms with Gasteiger partial charge in [0.2, 0.25) is 15.9 Å². The van der Waals surface area contributed by atoms with Crippen LogP contribution in [0.2, 0.25) is 0 Å². The number of nitrogens with zero attached hydrogens (tertiary/aromatic N) is 3. The van der Waals surface area contributed by atoms with E-state index in [1.807, 2.05) is 4.90 Å². The third kappa shape index (κ3) is 5.74. The average Bonchev–Trinajstić information content (AvgIpc) is 2.75. The van der Waals surface area contributed by atoms with E-state index in [4.69, 9.17) is 4.74 Å². The second-order valence-corrected chi connectivity index (χ2v) is 10.1. The summed E-state index contributed by atoms with van der Waals surface area (Å²) in [5, 5.41) is 3.17. The Morgan fingerprint density at radius 3 is 2.48 bits per heavy atom. The summed E-state index contributed by atoms with van der Waals surface area (Å²) in [5.41, 5.74) is 0.508. The van der Waals surface area contributed by atoms with Crippen molar-refractivity contribution in [2.45, 2.75) is 64.0 Å². The van der Waals surface area contributed by atoms with Gasteiger partial charge in [0.25, 0.3) is 0 Å². The molecule has 1 aliphatic carbocycles. The van der Waals surface area contributed by atoms with Crippen LogP contribution in [0.25, 0.3) is 0 Å². The van der Waals surface area contributed by atoms with Crippen LogP contribution in [0.5, 0.6) is 5.88 Å². The Kier molecular flexibility index (Phi) is 7.21. The molecule has 0 atom stereocenters. The number of amides is 2. The van der Waals surface area contributed by atoms with E-state index in [1.54, 1.807) is 19.1 Å². The van der Waals surface area contributed by atoms with Gasteiger partial charge in [-0.3, -0.25) is 4.31 Å². The molecule has 162 valence electrons. The summed E-state index contributed by atoms with van der Waals surface area (Å²) in [7, 11) is -1.79. The molecule has 1 saturated heterocycles. The van der Waals surface area contributed by atoms with Gasteiger partial charge in [-0.2, -0.15) is 0 Å². The number of likely N-dealkylation sites (tertiary alicyclic amines) is 1. The molecule has 1 aromatic rings. The molecule has 0 unspecified atom stereocenters. The first kappa shape index (κ1) is 21.7. The van der Waals surface area contributed by atoms with Crippen LogP contribution in [-0.2, 0) is 10.0 Å². The Bertz CT molecular complexity index is 770. The largest absolute Gasteiger partial charge is 0.474 e. The second-order valence-electron chi connectivity index (χ2n) is 7.81. The van der Waals surface area contributed by atoms with E-state index >= 15 is 0 Å². The van der Waals surface area contributed by atoms with Gasteiger partial charge in [0.1, 0.15) is 6.10 Å². The Morgan fingerprint density at radius 2 is 1.90 bits per heavy atom. The Labute approximate surface area is 173 Å². The van der Waals surface area contributed by atoms with Crippen LogP contribution in [0.15, 0.2) is 18.3 Å². The predicted octanol–water partition coefficient (Wildman–Crippen LogP) is 2.75. The average molecular weight is 425 g/mol. The number of urea groups is 1. The minimum Gasteiger partial charge on any atom is -0.474 e. The lowest BCUT2D eigenvalue weighted by molar-refractivity contribution is 0.106. The molecule has 3 rings (SSSR count). The highest BCUT2D eigenvalue weighted by molar-refractivity contribution is 7.92. The van der Waals surface area contributed by atoms with Crippen molar-refractivity contribution in [1.29, 1.82) is 0 Å². The molecule has 1 N–H and O–H groups in total. The van der Waals surface area contributed by atoms with E-state index in [-0.39, 0.29) is 17.9 Å². The number of sulfonamides is 1. The minimum absolute atomic E-state index is 0.00387. The number of anilines is 1. The van der Waals surface area contributed by atoms with Gasteiger partial charge < -0.3 is 15.0 Å². The van der Waals surface area contributed by atoms with Crippen LogP contribution in [0.3, 0.4) is 0 Å². The summed E-state index contributed by atoms with van der Waals surface area (Å²) in [4.78, 5) is 18.6. The van der Waals surface area contributed by atoms with E-state index in [0.717, 1.165) is 25.7 Å². The highest BCUT2D eigenvalue weighted by Gasteiger charge is 2.26. The van der Waals surface area contributed by atoms with Crippen LogP contribution in [-0.4, -0.2) is 62.4 Å². The first-order chi connectivity index (χ1) is 13.9. The van der Waals surface area contributed by atoms with Crippen LogP contribution in [0.1, 0.15) is 51.9 Å². The molecule has 0 bridgehead atoms. The summed E-state index contributed by atoms with van der Waals surface area (Å²) in [6.45, 7) is 2.94. The van der Waals surface area contributed by atoms with Crippen molar-refractivity contribution in [1.82, 2.24) is 15.2 Å². The van der Waals surface area contributed by atoms with Crippen molar-refractivity contribution >= 4 is 21.7 Å².